The minimum atomic E-state index is -3.52. The van der Waals surface area contributed by atoms with Gasteiger partial charge in [0, 0.05) is 39.2 Å². The fourth-order valence-corrected chi connectivity index (χ4v) is 3.19. The molecule has 0 saturated carbocycles. The van der Waals surface area contributed by atoms with Crippen molar-refractivity contribution in [2.45, 2.75) is 45.9 Å². The number of unbranched alkanes of at least 4 members (excludes halogenated alkanes) is 2. The molecule has 0 aliphatic carbocycles. The SMILES string of the molecule is CCCCN1C=CN(C)C1OS(=O)(=O)CCCCOCC. The van der Waals surface area contributed by atoms with Crippen molar-refractivity contribution in [1.29, 1.82) is 0 Å². The van der Waals surface area contributed by atoms with Crippen molar-refractivity contribution in [1.82, 2.24) is 9.80 Å². The Morgan fingerprint density at radius 3 is 2.57 bits per heavy atom. The number of nitrogens with zero attached hydrogens (tertiary/aromatic N) is 2. The molecule has 0 fully saturated rings. The molecular formula is C14H28N2O4S. The largest absolute Gasteiger partial charge is 0.382 e. The van der Waals surface area contributed by atoms with Crippen LogP contribution in [0.2, 0.25) is 0 Å². The Balaban J connectivity index is 2.41. The van der Waals surface area contributed by atoms with Gasteiger partial charge in [-0.3, -0.25) is 0 Å². The highest BCUT2D eigenvalue weighted by Crippen LogP contribution is 2.18. The van der Waals surface area contributed by atoms with Crippen LogP contribution in [-0.2, 0) is 19.0 Å². The van der Waals surface area contributed by atoms with Crippen LogP contribution in [0.5, 0.6) is 0 Å². The lowest BCUT2D eigenvalue weighted by atomic mass is 10.3. The fraction of sp³-hybridized carbons (Fsp3) is 0.857. The highest BCUT2D eigenvalue weighted by molar-refractivity contribution is 7.86. The van der Waals surface area contributed by atoms with E-state index in [9.17, 15) is 8.42 Å². The molecule has 0 radical (unpaired) electrons. The maximum absolute atomic E-state index is 12.0. The zero-order valence-electron chi connectivity index (χ0n) is 13.3. The topological polar surface area (TPSA) is 59.1 Å². The summed E-state index contributed by atoms with van der Waals surface area (Å²) in [6.45, 7) is 6.08. The van der Waals surface area contributed by atoms with Crippen LogP contribution < -0.4 is 0 Å². The van der Waals surface area contributed by atoms with Crippen LogP contribution in [0.15, 0.2) is 12.4 Å². The molecule has 0 N–H and O–H groups in total. The first kappa shape index (κ1) is 18.3. The van der Waals surface area contributed by atoms with Gasteiger partial charge in [0.25, 0.3) is 10.1 Å². The van der Waals surface area contributed by atoms with Gasteiger partial charge in [0.1, 0.15) is 0 Å². The molecule has 6 nitrogen and oxygen atoms in total. The molecular weight excluding hydrogens is 292 g/mol. The molecule has 7 heteroatoms. The van der Waals surface area contributed by atoms with Gasteiger partial charge in [0.15, 0.2) is 0 Å². The standard InChI is InChI=1S/C14H28N2O4S/c1-4-6-9-16-11-10-15(3)14(16)20-21(17,18)13-8-7-12-19-5-2/h10-11,14H,4-9,12-13H2,1-3H3. The molecule has 1 aliphatic rings. The number of hydrogen-bond acceptors (Lipinski definition) is 6. The van der Waals surface area contributed by atoms with Crippen molar-refractivity contribution in [2.75, 3.05) is 32.6 Å². The maximum Gasteiger partial charge on any atom is 0.270 e. The number of rotatable bonds is 11. The first-order valence-corrected chi connectivity index (χ1v) is 9.22. The molecule has 1 atom stereocenters. The van der Waals surface area contributed by atoms with Gasteiger partial charge >= 0.3 is 0 Å². The van der Waals surface area contributed by atoms with Crippen molar-refractivity contribution < 1.29 is 17.3 Å². The van der Waals surface area contributed by atoms with E-state index < -0.39 is 16.5 Å². The van der Waals surface area contributed by atoms with Gasteiger partial charge in [-0.15, -0.1) is 0 Å². The third kappa shape index (κ3) is 6.67. The van der Waals surface area contributed by atoms with E-state index in [1.54, 1.807) is 4.90 Å². The van der Waals surface area contributed by atoms with Crippen LogP contribution in [0, 0.1) is 0 Å². The van der Waals surface area contributed by atoms with Gasteiger partial charge in [-0.25, -0.2) is 4.18 Å². The highest BCUT2D eigenvalue weighted by atomic mass is 32.2. The van der Waals surface area contributed by atoms with Crippen molar-refractivity contribution >= 4 is 10.1 Å². The molecule has 0 bridgehead atoms. The van der Waals surface area contributed by atoms with Crippen LogP contribution in [-0.4, -0.2) is 57.1 Å². The molecule has 0 amide bonds. The van der Waals surface area contributed by atoms with Crippen LogP contribution in [0.1, 0.15) is 39.5 Å². The van der Waals surface area contributed by atoms with Crippen LogP contribution >= 0.6 is 0 Å². The summed E-state index contributed by atoms with van der Waals surface area (Å²) in [5, 5.41) is 0. The summed E-state index contributed by atoms with van der Waals surface area (Å²) in [4.78, 5) is 3.69. The van der Waals surface area contributed by atoms with E-state index in [1.807, 2.05) is 31.3 Å². The smallest absolute Gasteiger partial charge is 0.270 e. The Hall–Kier alpha value is -0.790. The molecule has 0 aromatic carbocycles. The predicted molar refractivity (Wildman–Crippen MR) is 82.9 cm³/mol. The lowest BCUT2D eigenvalue weighted by Crippen LogP contribution is -2.41. The Bertz CT molecular complexity index is 411. The van der Waals surface area contributed by atoms with Gasteiger partial charge < -0.3 is 14.5 Å². The third-order valence-electron chi connectivity index (χ3n) is 3.27. The zero-order chi connectivity index (χ0) is 15.7. The average molecular weight is 320 g/mol. The molecule has 1 rings (SSSR count). The molecule has 21 heavy (non-hydrogen) atoms. The summed E-state index contributed by atoms with van der Waals surface area (Å²) in [6.07, 6.45) is 6.52. The van der Waals surface area contributed by atoms with E-state index in [-0.39, 0.29) is 5.75 Å². The molecule has 124 valence electrons. The van der Waals surface area contributed by atoms with Crippen molar-refractivity contribution in [3.63, 3.8) is 0 Å². The van der Waals surface area contributed by atoms with E-state index in [4.69, 9.17) is 8.92 Å². The van der Waals surface area contributed by atoms with E-state index in [0.29, 0.717) is 19.6 Å². The minimum absolute atomic E-state index is 0.0338. The van der Waals surface area contributed by atoms with Gasteiger partial charge in [0.05, 0.1) is 5.75 Å². The third-order valence-corrected chi connectivity index (χ3v) is 4.52. The van der Waals surface area contributed by atoms with E-state index in [0.717, 1.165) is 25.8 Å². The second-order valence-corrected chi connectivity index (χ2v) is 6.86. The summed E-state index contributed by atoms with van der Waals surface area (Å²) in [7, 11) is -1.70. The highest BCUT2D eigenvalue weighted by Gasteiger charge is 2.29. The van der Waals surface area contributed by atoms with Crippen molar-refractivity contribution in [2.24, 2.45) is 0 Å². The van der Waals surface area contributed by atoms with Crippen LogP contribution in [0.25, 0.3) is 0 Å². The molecule has 0 spiro atoms. The predicted octanol–water partition coefficient (Wildman–Crippen LogP) is 1.95. The molecule has 0 aromatic heterocycles. The molecule has 0 saturated heterocycles. The average Bonchev–Trinajstić information content (AvgIpc) is 2.77. The quantitative estimate of drug-likeness (QED) is 0.428. The van der Waals surface area contributed by atoms with Gasteiger partial charge in [-0.05, 0) is 26.2 Å². The summed E-state index contributed by atoms with van der Waals surface area (Å²) in [5.41, 5.74) is 0. The molecule has 1 aliphatic heterocycles. The monoisotopic (exact) mass is 320 g/mol. The Labute approximate surface area is 128 Å². The number of ether oxygens (including phenoxy) is 1. The molecule has 1 unspecified atom stereocenters. The summed E-state index contributed by atoms with van der Waals surface area (Å²) in [5.74, 6) is 0.0338. The summed E-state index contributed by atoms with van der Waals surface area (Å²) >= 11 is 0. The minimum Gasteiger partial charge on any atom is -0.382 e. The fourth-order valence-electron chi connectivity index (χ4n) is 2.03. The van der Waals surface area contributed by atoms with Crippen molar-refractivity contribution in [3.05, 3.63) is 12.4 Å². The lowest BCUT2D eigenvalue weighted by molar-refractivity contribution is -0.00887. The van der Waals surface area contributed by atoms with Crippen LogP contribution in [0.4, 0.5) is 0 Å². The second kappa shape index (κ2) is 9.27. The number of hydrogen-bond donors (Lipinski definition) is 0. The van der Waals surface area contributed by atoms with Gasteiger partial charge in [-0.1, -0.05) is 13.3 Å². The normalized spacial score (nSPS) is 18.7. The van der Waals surface area contributed by atoms with Gasteiger partial charge in [-0.2, -0.15) is 8.42 Å². The summed E-state index contributed by atoms with van der Waals surface area (Å²) in [6, 6.07) is 0. The van der Waals surface area contributed by atoms with E-state index in [2.05, 4.69) is 6.92 Å². The van der Waals surface area contributed by atoms with Gasteiger partial charge in [0.2, 0.25) is 6.35 Å². The first-order chi connectivity index (χ1) is 10.00. The Kier molecular flexibility index (Phi) is 8.06. The zero-order valence-corrected chi connectivity index (χ0v) is 14.1. The summed E-state index contributed by atoms with van der Waals surface area (Å²) < 4.78 is 34.6. The van der Waals surface area contributed by atoms with E-state index in [1.165, 1.54) is 0 Å². The van der Waals surface area contributed by atoms with Crippen LogP contribution in [0.3, 0.4) is 0 Å². The Morgan fingerprint density at radius 1 is 1.14 bits per heavy atom. The van der Waals surface area contributed by atoms with E-state index >= 15 is 0 Å². The molecule has 1 heterocycles. The maximum atomic E-state index is 12.0. The first-order valence-electron chi connectivity index (χ1n) is 7.65. The lowest BCUT2D eigenvalue weighted by Gasteiger charge is -2.29. The Morgan fingerprint density at radius 2 is 1.90 bits per heavy atom. The molecule has 0 aromatic rings. The van der Waals surface area contributed by atoms with Crippen molar-refractivity contribution in [3.8, 4) is 0 Å². The second-order valence-electron chi connectivity index (χ2n) is 5.14.